The van der Waals surface area contributed by atoms with Gasteiger partial charge >= 0.3 is 0 Å². The van der Waals surface area contributed by atoms with Gasteiger partial charge in [-0.15, -0.1) is 0 Å². The second kappa shape index (κ2) is 12.8. The van der Waals surface area contributed by atoms with Crippen LogP contribution in [0.25, 0.3) is 33.3 Å². The first-order valence-corrected chi connectivity index (χ1v) is 17.1. The van der Waals surface area contributed by atoms with Gasteiger partial charge in [-0.25, -0.2) is 0 Å². The number of hydrogen-bond donors (Lipinski definition) is 0. The molecule has 0 spiro atoms. The van der Waals surface area contributed by atoms with Crippen molar-refractivity contribution < 1.29 is 0 Å². The Morgan fingerprint density at radius 2 is 1.51 bits per heavy atom. The zero-order valence-electron chi connectivity index (χ0n) is 27.6. The molecular formula is C45H36N4. The maximum Gasteiger partial charge on any atom is 0.101 e. The fourth-order valence-corrected chi connectivity index (χ4v) is 7.78. The van der Waals surface area contributed by atoms with E-state index in [4.69, 9.17) is 0 Å². The van der Waals surface area contributed by atoms with Crippen molar-refractivity contribution in [2.24, 2.45) is 0 Å². The number of fused-ring (bicyclic) bond motifs is 4. The van der Waals surface area contributed by atoms with Gasteiger partial charge in [0.15, 0.2) is 0 Å². The average Bonchev–Trinajstić information content (AvgIpc) is 3.53. The molecule has 0 amide bonds. The lowest BCUT2D eigenvalue weighted by atomic mass is 9.88. The quantitative estimate of drug-likeness (QED) is 0.198. The van der Waals surface area contributed by atoms with Gasteiger partial charge in [0.1, 0.15) is 6.07 Å². The Hall–Kier alpha value is -6.10. The largest absolute Gasteiger partial charge is 0.337 e. The summed E-state index contributed by atoms with van der Waals surface area (Å²) in [5.41, 5.74) is 14.1. The first-order chi connectivity index (χ1) is 24.2. The van der Waals surface area contributed by atoms with Crippen molar-refractivity contribution in [1.29, 1.82) is 10.5 Å². The van der Waals surface area contributed by atoms with Gasteiger partial charge in [0, 0.05) is 46.0 Å². The SMILES string of the molecule is CC1/C=C\C=C/CN(c2ccccc2C2=CC=C(c3ccc(C#N)c(-n4c5c(c6ccccc64)C(C#N)=CCC5)c3)CC2)c2ccccc21. The van der Waals surface area contributed by atoms with E-state index in [1.165, 1.54) is 33.6 Å². The number of nitriles is 2. The molecule has 4 nitrogen and oxygen atoms in total. The predicted molar refractivity (Wildman–Crippen MR) is 202 cm³/mol. The van der Waals surface area contributed by atoms with E-state index in [-0.39, 0.29) is 0 Å². The fourth-order valence-electron chi connectivity index (χ4n) is 7.78. The van der Waals surface area contributed by atoms with Crippen LogP contribution < -0.4 is 4.90 Å². The number of benzene rings is 4. The summed E-state index contributed by atoms with van der Waals surface area (Å²) in [6.07, 6.45) is 18.9. The van der Waals surface area contributed by atoms with Crippen LogP contribution in [0.2, 0.25) is 0 Å². The van der Waals surface area contributed by atoms with Crippen LogP contribution in [-0.4, -0.2) is 11.1 Å². The van der Waals surface area contributed by atoms with Gasteiger partial charge < -0.3 is 9.47 Å². The highest BCUT2D eigenvalue weighted by molar-refractivity contribution is 6.00. The van der Waals surface area contributed by atoms with Crippen LogP contribution in [0.5, 0.6) is 0 Å². The van der Waals surface area contributed by atoms with E-state index >= 15 is 0 Å². The van der Waals surface area contributed by atoms with E-state index in [1.54, 1.807) is 0 Å². The second-order valence-electron chi connectivity index (χ2n) is 13.0. The van der Waals surface area contributed by atoms with Crippen LogP contribution in [0, 0.1) is 22.7 Å². The van der Waals surface area contributed by atoms with Crippen LogP contribution in [0.3, 0.4) is 0 Å². The van der Waals surface area contributed by atoms with Crippen LogP contribution in [0.15, 0.2) is 134 Å². The van der Waals surface area contributed by atoms with Crippen molar-refractivity contribution in [2.45, 2.75) is 38.5 Å². The van der Waals surface area contributed by atoms with Crippen LogP contribution >= 0.6 is 0 Å². The lowest BCUT2D eigenvalue weighted by Gasteiger charge is -2.30. The molecule has 0 N–H and O–H groups in total. The van der Waals surface area contributed by atoms with E-state index in [9.17, 15) is 10.5 Å². The van der Waals surface area contributed by atoms with Gasteiger partial charge in [-0.05, 0) is 78.3 Å². The van der Waals surface area contributed by atoms with Gasteiger partial charge in [0.05, 0.1) is 28.4 Å². The number of hydrogen-bond acceptors (Lipinski definition) is 3. The lowest BCUT2D eigenvalue weighted by molar-refractivity contribution is 0.883. The van der Waals surface area contributed by atoms with Gasteiger partial charge in [0.2, 0.25) is 0 Å². The minimum absolute atomic E-state index is 0.310. The molecule has 1 unspecified atom stereocenters. The maximum absolute atomic E-state index is 10.2. The fraction of sp³-hybridized carbons (Fsp3) is 0.156. The highest BCUT2D eigenvalue weighted by atomic mass is 15.1. The molecule has 1 atom stereocenters. The molecule has 0 saturated carbocycles. The van der Waals surface area contributed by atoms with Gasteiger partial charge in [-0.1, -0.05) is 110 Å². The summed E-state index contributed by atoms with van der Waals surface area (Å²) in [4.78, 5) is 2.45. The number of nitrogens with zero attached hydrogens (tertiary/aromatic N) is 4. The Morgan fingerprint density at radius 1 is 0.735 bits per heavy atom. The van der Waals surface area contributed by atoms with Crippen molar-refractivity contribution >= 4 is 39.0 Å². The minimum Gasteiger partial charge on any atom is -0.337 e. The Kier molecular flexibility index (Phi) is 7.92. The third-order valence-corrected chi connectivity index (χ3v) is 10.2. The van der Waals surface area contributed by atoms with Crippen LogP contribution in [0.1, 0.15) is 65.6 Å². The molecule has 5 aromatic rings. The zero-order chi connectivity index (χ0) is 33.3. The Labute approximate surface area is 288 Å². The van der Waals surface area contributed by atoms with Crippen molar-refractivity contribution in [3.05, 3.63) is 167 Å². The second-order valence-corrected chi connectivity index (χ2v) is 13.0. The maximum atomic E-state index is 10.2. The predicted octanol–water partition coefficient (Wildman–Crippen LogP) is 11.0. The molecule has 0 bridgehead atoms. The topological polar surface area (TPSA) is 55.8 Å². The highest BCUT2D eigenvalue weighted by Gasteiger charge is 2.25. The number of para-hydroxylation sites is 3. The molecule has 3 aliphatic rings. The van der Waals surface area contributed by atoms with Crippen molar-refractivity contribution in [1.82, 2.24) is 4.57 Å². The normalized spacial score (nSPS) is 18.3. The molecule has 4 heteroatoms. The summed E-state index contributed by atoms with van der Waals surface area (Å²) in [6.45, 7) is 3.05. The molecule has 8 rings (SSSR count). The Bertz CT molecular complexity index is 2360. The summed E-state index contributed by atoms with van der Waals surface area (Å²) in [5.74, 6) is 0.310. The number of rotatable bonds is 4. The Morgan fingerprint density at radius 3 is 2.35 bits per heavy atom. The number of allylic oxidation sites excluding steroid dienone is 9. The smallest absolute Gasteiger partial charge is 0.101 e. The summed E-state index contributed by atoms with van der Waals surface area (Å²) in [5, 5.41) is 21.3. The molecule has 236 valence electrons. The van der Waals surface area contributed by atoms with Crippen molar-refractivity contribution in [3.63, 3.8) is 0 Å². The molecule has 49 heavy (non-hydrogen) atoms. The van der Waals surface area contributed by atoms with Gasteiger partial charge in [0.25, 0.3) is 0 Å². The summed E-state index contributed by atoms with van der Waals surface area (Å²) in [6, 6.07) is 36.9. The van der Waals surface area contributed by atoms with E-state index < -0.39 is 0 Å². The highest BCUT2D eigenvalue weighted by Crippen LogP contribution is 2.42. The molecule has 2 heterocycles. The van der Waals surface area contributed by atoms with E-state index in [0.29, 0.717) is 11.5 Å². The summed E-state index contributed by atoms with van der Waals surface area (Å²) in [7, 11) is 0. The first kappa shape index (κ1) is 30.2. The van der Waals surface area contributed by atoms with Crippen molar-refractivity contribution in [2.75, 3.05) is 11.4 Å². The lowest BCUT2D eigenvalue weighted by Crippen LogP contribution is -2.20. The third-order valence-electron chi connectivity index (χ3n) is 10.2. The van der Waals surface area contributed by atoms with Crippen LogP contribution in [0.4, 0.5) is 11.4 Å². The average molecular weight is 633 g/mol. The molecule has 0 fully saturated rings. The molecule has 0 radical (unpaired) electrons. The molecule has 4 aromatic carbocycles. The molecule has 1 aliphatic heterocycles. The molecule has 2 aliphatic carbocycles. The monoisotopic (exact) mass is 632 g/mol. The molecule has 1 aromatic heterocycles. The minimum atomic E-state index is 0.310. The van der Waals surface area contributed by atoms with E-state index in [1.807, 2.05) is 24.3 Å². The Balaban J connectivity index is 1.19. The summed E-state index contributed by atoms with van der Waals surface area (Å²) >= 11 is 0. The zero-order valence-corrected chi connectivity index (χ0v) is 27.6. The third kappa shape index (κ3) is 5.33. The number of anilines is 2. The van der Waals surface area contributed by atoms with E-state index in [2.05, 4.69) is 138 Å². The van der Waals surface area contributed by atoms with Crippen molar-refractivity contribution in [3.8, 4) is 17.8 Å². The van der Waals surface area contributed by atoms with Gasteiger partial charge in [-0.3, -0.25) is 0 Å². The van der Waals surface area contributed by atoms with Crippen LogP contribution in [-0.2, 0) is 6.42 Å². The molecule has 0 saturated heterocycles. The van der Waals surface area contributed by atoms with Gasteiger partial charge in [-0.2, -0.15) is 10.5 Å². The summed E-state index contributed by atoms with van der Waals surface area (Å²) < 4.78 is 2.23. The number of aromatic nitrogens is 1. The first-order valence-electron chi connectivity index (χ1n) is 17.1. The standard InChI is InChI=1S/C45H36N4/c1-31-12-3-2-10-27-48(40-17-7-4-14-37(31)40)41-18-8-5-15-38(41)33-23-21-32(22-24-33)34-25-26-35(29-46)44(28-34)49-42-19-9-6-16-39(42)45-36(30-47)13-11-20-43(45)49/h2-10,12-19,21,23,25-26,28,31H,11,20,22,24,27H2,1H3/b10-2-,12-3-. The van der Waals surface area contributed by atoms with E-state index in [0.717, 1.165) is 71.2 Å². The molecular weight excluding hydrogens is 597 g/mol.